The quantitative estimate of drug-likeness (QED) is 0.737. The zero-order valence-corrected chi connectivity index (χ0v) is 11.3. The van der Waals surface area contributed by atoms with Crippen LogP contribution in [0.15, 0.2) is 0 Å². The standard InChI is InChI=1S/C12H18N2O3S/c1-9-3-2-4-12(7-9,11(16)17)14-10(15)8-18-6-5-13/h9H,2-4,6-8H2,1H3,(H,14,15)(H,16,17). The molecular weight excluding hydrogens is 252 g/mol. The number of carboxylic acid groups (broad SMARTS) is 1. The van der Waals surface area contributed by atoms with Gasteiger partial charge in [-0.1, -0.05) is 19.8 Å². The summed E-state index contributed by atoms with van der Waals surface area (Å²) < 4.78 is 0. The smallest absolute Gasteiger partial charge is 0.329 e. The highest BCUT2D eigenvalue weighted by Gasteiger charge is 2.42. The first kappa shape index (κ1) is 14.8. The number of thioether (sulfide) groups is 1. The van der Waals surface area contributed by atoms with E-state index in [4.69, 9.17) is 5.26 Å². The number of nitrogens with zero attached hydrogens (tertiary/aromatic N) is 1. The molecule has 1 fully saturated rings. The van der Waals surface area contributed by atoms with Crippen molar-refractivity contribution in [3.8, 4) is 6.07 Å². The molecule has 2 unspecified atom stereocenters. The Kier molecular flexibility index (Phi) is 5.48. The molecule has 100 valence electrons. The van der Waals surface area contributed by atoms with Crippen molar-refractivity contribution in [2.45, 2.75) is 38.1 Å². The summed E-state index contributed by atoms with van der Waals surface area (Å²) in [7, 11) is 0. The summed E-state index contributed by atoms with van der Waals surface area (Å²) in [4.78, 5) is 23.1. The van der Waals surface area contributed by atoms with Gasteiger partial charge in [0.2, 0.25) is 5.91 Å². The van der Waals surface area contributed by atoms with E-state index in [1.165, 1.54) is 11.8 Å². The van der Waals surface area contributed by atoms with Gasteiger partial charge in [-0.2, -0.15) is 5.26 Å². The number of hydrogen-bond donors (Lipinski definition) is 2. The molecule has 5 nitrogen and oxygen atoms in total. The first-order chi connectivity index (χ1) is 8.50. The van der Waals surface area contributed by atoms with Crippen LogP contribution >= 0.6 is 11.8 Å². The van der Waals surface area contributed by atoms with Gasteiger partial charge in [-0.15, -0.1) is 11.8 Å². The van der Waals surface area contributed by atoms with Crippen molar-refractivity contribution in [2.75, 3.05) is 11.5 Å². The number of carbonyl (C=O) groups excluding carboxylic acids is 1. The van der Waals surface area contributed by atoms with Crippen molar-refractivity contribution in [2.24, 2.45) is 5.92 Å². The van der Waals surface area contributed by atoms with Crippen LogP contribution in [0.4, 0.5) is 0 Å². The van der Waals surface area contributed by atoms with E-state index in [2.05, 4.69) is 5.32 Å². The highest BCUT2D eigenvalue weighted by Crippen LogP contribution is 2.32. The topological polar surface area (TPSA) is 90.2 Å². The lowest BCUT2D eigenvalue weighted by Gasteiger charge is -2.37. The van der Waals surface area contributed by atoms with Crippen molar-refractivity contribution in [1.29, 1.82) is 5.26 Å². The van der Waals surface area contributed by atoms with E-state index in [1.54, 1.807) is 0 Å². The average molecular weight is 270 g/mol. The van der Waals surface area contributed by atoms with Crippen molar-refractivity contribution in [3.05, 3.63) is 0 Å². The van der Waals surface area contributed by atoms with Gasteiger partial charge >= 0.3 is 5.97 Å². The van der Waals surface area contributed by atoms with Crippen LogP contribution in [-0.2, 0) is 9.59 Å². The number of nitriles is 1. The fourth-order valence-corrected chi connectivity index (χ4v) is 2.86. The summed E-state index contributed by atoms with van der Waals surface area (Å²) in [6.07, 6.45) is 2.80. The van der Waals surface area contributed by atoms with Crippen molar-refractivity contribution in [3.63, 3.8) is 0 Å². The molecule has 0 aliphatic heterocycles. The van der Waals surface area contributed by atoms with Gasteiger partial charge in [0.05, 0.1) is 17.6 Å². The first-order valence-corrected chi connectivity index (χ1v) is 7.15. The maximum atomic E-state index is 11.7. The number of carboxylic acids is 1. The third-order valence-electron chi connectivity index (χ3n) is 3.19. The molecule has 0 radical (unpaired) electrons. The Morgan fingerprint density at radius 2 is 2.33 bits per heavy atom. The average Bonchev–Trinajstić information content (AvgIpc) is 2.29. The molecule has 1 saturated carbocycles. The van der Waals surface area contributed by atoms with Crippen LogP contribution in [0.3, 0.4) is 0 Å². The molecule has 1 amide bonds. The molecule has 0 aromatic heterocycles. The minimum absolute atomic E-state index is 0.136. The SMILES string of the molecule is CC1CCCC(NC(=O)CSCC#N)(C(=O)O)C1. The molecule has 1 rings (SSSR count). The predicted octanol–water partition coefficient (Wildman–Crippen LogP) is 1.39. The highest BCUT2D eigenvalue weighted by molar-refractivity contribution is 8.00. The molecule has 0 bridgehead atoms. The van der Waals surface area contributed by atoms with E-state index >= 15 is 0 Å². The third kappa shape index (κ3) is 3.91. The Hall–Kier alpha value is -1.22. The maximum Gasteiger partial charge on any atom is 0.329 e. The molecule has 2 atom stereocenters. The summed E-state index contributed by atoms with van der Waals surface area (Å²) in [6, 6.07) is 1.93. The lowest BCUT2D eigenvalue weighted by Crippen LogP contribution is -2.57. The zero-order valence-electron chi connectivity index (χ0n) is 10.4. The van der Waals surface area contributed by atoms with E-state index in [1.807, 2.05) is 13.0 Å². The van der Waals surface area contributed by atoms with Gasteiger partial charge in [0, 0.05) is 0 Å². The molecule has 1 aliphatic carbocycles. The van der Waals surface area contributed by atoms with Gasteiger partial charge in [0.25, 0.3) is 0 Å². The van der Waals surface area contributed by atoms with E-state index in [-0.39, 0.29) is 17.4 Å². The predicted molar refractivity (Wildman–Crippen MR) is 69.1 cm³/mol. The second-order valence-corrected chi connectivity index (χ2v) is 5.77. The van der Waals surface area contributed by atoms with Crippen LogP contribution in [0.2, 0.25) is 0 Å². The Morgan fingerprint density at radius 3 is 2.89 bits per heavy atom. The Morgan fingerprint density at radius 1 is 1.61 bits per heavy atom. The van der Waals surface area contributed by atoms with E-state index in [9.17, 15) is 14.7 Å². The lowest BCUT2D eigenvalue weighted by molar-refractivity contribution is -0.149. The minimum atomic E-state index is -1.11. The molecule has 0 saturated heterocycles. The fraction of sp³-hybridized carbons (Fsp3) is 0.750. The first-order valence-electron chi connectivity index (χ1n) is 5.99. The molecule has 0 spiro atoms. The van der Waals surface area contributed by atoms with Crippen LogP contribution in [0.5, 0.6) is 0 Å². The summed E-state index contributed by atoms with van der Waals surface area (Å²) in [5.41, 5.74) is -1.11. The third-order valence-corrected chi connectivity index (χ3v) is 3.98. The van der Waals surface area contributed by atoms with E-state index in [0.29, 0.717) is 18.8 Å². The van der Waals surface area contributed by atoms with Gasteiger partial charge in [-0.25, -0.2) is 4.79 Å². The number of rotatable bonds is 5. The van der Waals surface area contributed by atoms with Gasteiger partial charge in [0.1, 0.15) is 5.54 Å². The summed E-state index contributed by atoms with van der Waals surface area (Å²) in [5, 5.41) is 20.4. The molecular formula is C12H18N2O3S. The number of carbonyl (C=O) groups is 2. The van der Waals surface area contributed by atoms with Crippen LogP contribution in [0.1, 0.15) is 32.6 Å². The Bertz CT molecular complexity index is 367. The molecule has 18 heavy (non-hydrogen) atoms. The second kappa shape index (κ2) is 6.64. The van der Waals surface area contributed by atoms with Crippen molar-refractivity contribution in [1.82, 2.24) is 5.32 Å². The number of aliphatic carboxylic acids is 1. The molecule has 0 heterocycles. The zero-order chi connectivity index (χ0) is 13.6. The number of nitrogens with one attached hydrogen (secondary N) is 1. The van der Waals surface area contributed by atoms with Crippen LogP contribution in [0.25, 0.3) is 0 Å². The lowest BCUT2D eigenvalue weighted by atomic mass is 9.76. The Labute approximate surface area is 111 Å². The minimum Gasteiger partial charge on any atom is -0.480 e. The largest absolute Gasteiger partial charge is 0.480 e. The second-order valence-electron chi connectivity index (χ2n) is 4.79. The fourth-order valence-electron chi connectivity index (χ4n) is 2.40. The molecule has 2 N–H and O–H groups in total. The van der Waals surface area contributed by atoms with Crippen molar-refractivity contribution >= 4 is 23.6 Å². The van der Waals surface area contributed by atoms with Gasteiger partial charge in [0.15, 0.2) is 0 Å². The number of hydrogen-bond acceptors (Lipinski definition) is 4. The monoisotopic (exact) mass is 270 g/mol. The maximum absolute atomic E-state index is 11.7. The number of amides is 1. The van der Waals surface area contributed by atoms with Gasteiger partial charge in [-0.3, -0.25) is 4.79 Å². The molecule has 0 aromatic rings. The van der Waals surface area contributed by atoms with E-state index < -0.39 is 11.5 Å². The van der Waals surface area contributed by atoms with Crippen LogP contribution in [0, 0.1) is 17.2 Å². The molecule has 6 heteroatoms. The van der Waals surface area contributed by atoms with Gasteiger partial charge < -0.3 is 10.4 Å². The summed E-state index contributed by atoms with van der Waals surface area (Å²) in [6.45, 7) is 2.01. The van der Waals surface area contributed by atoms with Crippen LogP contribution < -0.4 is 5.32 Å². The van der Waals surface area contributed by atoms with Crippen molar-refractivity contribution < 1.29 is 14.7 Å². The van der Waals surface area contributed by atoms with Gasteiger partial charge in [-0.05, 0) is 18.8 Å². The summed E-state index contributed by atoms with van der Waals surface area (Å²) in [5.74, 6) is -0.567. The summed E-state index contributed by atoms with van der Waals surface area (Å²) >= 11 is 1.20. The highest BCUT2D eigenvalue weighted by atomic mass is 32.2. The molecule has 1 aliphatic rings. The molecule has 0 aromatic carbocycles. The Balaban J connectivity index is 2.60. The normalized spacial score (nSPS) is 27.2. The van der Waals surface area contributed by atoms with Crippen LogP contribution in [-0.4, -0.2) is 34.0 Å². The van der Waals surface area contributed by atoms with E-state index in [0.717, 1.165) is 12.8 Å².